The van der Waals surface area contributed by atoms with Crippen LogP contribution in [0.4, 0.5) is 0 Å². The quantitative estimate of drug-likeness (QED) is 0.451. The SMILES string of the molecule is CCOC(=O)C1(C(C)=O)CCC(I)=C1c1ccccc1. The molecule has 4 heteroatoms. The normalized spacial score (nSPS) is 21.9. The van der Waals surface area contributed by atoms with E-state index in [9.17, 15) is 9.59 Å². The number of allylic oxidation sites excluding steroid dienone is 1. The van der Waals surface area contributed by atoms with Gasteiger partial charge in [0.15, 0.2) is 11.2 Å². The highest BCUT2D eigenvalue weighted by molar-refractivity contribution is 14.1. The summed E-state index contributed by atoms with van der Waals surface area (Å²) >= 11 is 2.24. The zero-order valence-electron chi connectivity index (χ0n) is 11.6. The number of ether oxygens (including phenoxy) is 1. The molecule has 0 N–H and O–H groups in total. The Bertz CT molecular complexity index is 562. The summed E-state index contributed by atoms with van der Waals surface area (Å²) in [4.78, 5) is 24.7. The second-order valence-electron chi connectivity index (χ2n) is 4.83. The summed E-state index contributed by atoms with van der Waals surface area (Å²) < 4.78 is 6.26. The Labute approximate surface area is 132 Å². The van der Waals surface area contributed by atoms with Gasteiger partial charge in [-0.15, -0.1) is 0 Å². The predicted octanol–water partition coefficient (Wildman–Crippen LogP) is 3.77. The van der Waals surface area contributed by atoms with E-state index in [1.165, 1.54) is 6.92 Å². The minimum absolute atomic E-state index is 0.138. The zero-order valence-corrected chi connectivity index (χ0v) is 13.8. The Hall–Kier alpha value is -1.17. The second-order valence-corrected chi connectivity index (χ2v) is 6.13. The molecule has 1 aromatic rings. The van der Waals surface area contributed by atoms with E-state index < -0.39 is 11.4 Å². The summed E-state index contributed by atoms with van der Waals surface area (Å²) in [5.74, 6) is -0.556. The maximum atomic E-state index is 12.5. The molecule has 1 aliphatic rings. The summed E-state index contributed by atoms with van der Waals surface area (Å²) in [6.45, 7) is 3.53. The zero-order chi connectivity index (χ0) is 14.8. The largest absolute Gasteiger partial charge is 0.465 e. The first-order valence-electron chi connectivity index (χ1n) is 6.66. The Morgan fingerprint density at radius 3 is 2.50 bits per heavy atom. The van der Waals surface area contributed by atoms with Crippen LogP contribution in [0.2, 0.25) is 0 Å². The van der Waals surface area contributed by atoms with E-state index in [1.807, 2.05) is 30.3 Å². The summed E-state index contributed by atoms with van der Waals surface area (Å²) in [5, 5.41) is 0. The van der Waals surface area contributed by atoms with E-state index >= 15 is 0 Å². The number of benzene rings is 1. The van der Waals surface area contributed by atoms with E-state index in [1.54, 1.807) is 6.92 Å². The van der Waals surface area contributed by atoms with Gasteiger partial charge in [0.25, 0.3) is 0 Å². The standard InChI is InChI=1S/C16H17IO3/c1-3-20-15(19)16(11(2)18)10-9-13(17)14(16)12-7-5-4-6-8-12/h4-8H,3,9-10H2,1-2H3. The molecule has 0 amide bonds. The van der Waals surface area contributed by atoms with Crippen molar-refractivity contribution in [2.24, 2.45) is 5.41 Å². The van der Waals surface area contributed by atoms with Gasteiger partial charge in [-0.2, -0.15) is 0 Å². The van der Waals surface area contributed by atoms with Crippen molar-refractivity contribution in [1.82, 2.24) is 0 Å². The maximum absolute atomic E-state index is 12.5. The molecule has 0 spiro atoms. The van der Waals surface area contributed by atoms with Crippen LogP contribution in [0.1, 0.15) is 32.3 Å². The van der Waals surface area contributed by atoms with Crippen LogP contribution in [0.25, 0.3) is 5.57 Å². The second kappa shape index (κ2) is 6.08. The van der Waals surface area contributed by atoms with Gasteiger partial charge in [0.2, 0.25) is 0 Å². The third kappa shape index (κ3) is 2.41. The van der Waals surface area contributed by atoms with E-state index in [0.29, 0.717) is 6.42 Å². The molecule has 1 aliphatic carbocycles. The molecular formula is C16H17IO3. The molecule has 0 bridgehead atoms. The van der Waals surface area contributed by atoms with Crippen molar-refractivity contribution in [2.75, 3.05) is 6.61 Å². The predicted molar refractivity (Wildman–Crippen MR) is 86.4 cm³/mol. The average Bonchev–Trinajstić information content (AvgIpc) is 2.79. The van der Waals surface area contributed by atoms with Crippen LogP contribution in [0.15, 0.2) is 33.9 Å². The number of esters is 1. The topological polar surface area (TPSA) is 43.4 Å². The third-order valence-corrected chi connectivity index (χ3v) is 4.78. The fourth-order valence-corrected chi connectivity index (χ4v) is 3.78. The fraction of sp³-hybridized carbons (Fsp3) is 0.375. The maximum Gasteiger partial charge on any atom is 0.324 e. The Morgan fingerprint density at radius 1 is 1.30 bits per heavy atom. The van der Waals surface area contributed by atoms with Gasteiger partial charge in [-0.05, 0) is 64.0 Å². The van der Waals surface area contributed by atoms with Crippen molar-refractivity contribution >= 4 is 39.9 Å². The molecule has 1 aromatic carbocycles. The number of carbonyl (C=O) groups excluding carboxylic acids is 2. The summed E-state index contributed by atoms with van der Waals surface area (Å²) in [7, 11) is 0. The van der Waals surface area contributed by atoms with E-state index in [0.717, 1.165) is 21.1 Å². The number of carbonyl (C=O) groups is 2. The molecule has 0 heterocycles. The lowest BCUT2D eigenvalue weighted by molar-refractivity contribution is -0.155. The van der Waals surface area contributed by atoms with E-state index in [-0.39, 0.29) is 12.4 Å². The Balaban J connectivity index is 2.58. The molecule has 0 aromatic heterocycles. The lowest BCUT2D eigenvalue weighted by Gasteiger charge is -2.27. The first-order chi connectivity index (χ1) is 9.54. The van der Waals surface area contributed by atoms with Gasteiger partial charge in [0.1, 0.15) is 0 Å². The smallest absolute Gasteiger partial charge is 0.324 e. The van der Waals surface area contributed by atoms with Gasteiger partial charge in [-0.1, -0.05) is 30.3 Å². The van der Waals surface area contributed by atoms with Crippen LogP contribution < -0.4 is 0 Å². The van der Waals surface area contributed by atoms with Crippen molar-refractivity contribution in [3.05, 3.63) is 39.5 Å². The number of ketones is 1. The number of hydrogen-bond acceptors (Lipinski definition) is 3. The molecule has 106 valence electrons. The molecular weight excluding hydrogens is 367 g/mol. The fourth-order valence-electron chi connectivity index (χ4n) is 2.74. The van der Waals surface area contributed by atoms with Crippen molar-refractivity contribution < 1.29 is 14.3 Å². The van der Waals surface area contributed by atoms with Gasteiger partial charge < -0.3 is 4.74 Å². The molecule has 1 unspecified atom stereocenters. The van der Waals surface area contributed by atoms with E-state index in [4.69, 9.17) is 4.74 Å². The van der Waals surface area contributed by atoms with Gasteiger partial charge in [0, 0.05) is 0 Å². The first kappa shape index (κ1) is 15.2. The van der Waals surface area contributed by atoms with Crippen molar-refractivity contribution in [1.29, 1.82) is 0 Å². The number of halogens is 1. The Kier molecular flexibility index (Phi) is 4.62. The lowest BCUT2D eigenvalue weighted by Crippen LogP contribution is -2.38. The van der Waals surface area contributed by atoms with Crippen molar-refractivity contribution in [2.45, 2.75) is 26.7 Å². The molecule has 0 aliphatic heterocycles. The number of hydrogen-bond donors (Lipinski definition) is 0. The summed E-state index contributed by atoms with van der Waals surface area (Å²) in [6.07, 6.45) is 1.24. The molecule has 0 saturated heterocycles. The van der Waals surface area contributed by atoms with Crippen LogP contribution in [0, 0.1) is 5.41 Å². The molecule has 20 heavy (non-hydrogen) atoms. The third-order valence-electron chi connectivity index (χ3n) is 3.70. The number of Topliss-reactive ketones (excluding diaryl/α,β-unsaturated/α-hetero) is 1. The lowest BCUT2D eigenvalue weighted by atomic mass is 9.75. The van der Waals surface area contributed by atoms with Gasteiger partial charge in [-0.3, -0.25) is 9.59 Å². The van der Waals surface area contributed by atoms with Crippen LogP contribution in [0.5, 0.6) is 0 Å². The highest BCUT2D eigenvalue weighted by Gasteiger charge is 2.52. The molecule has 0 radical (unpaired) electrons. The molecule has 0 fully saturated rings. The molecule has 0 saturated carbocycles. The van der Waals surface area contributed by atoms with Crippen LogP contribution >= 0.6 is 22.6 Å². The van der Waals surface area contributed by atoms with Crippen molar-refractivity contribution in [3.63, 3.8) is 0 Å². The average molecular weight is 384 g/mol. The highest BCUT2D eigenvalue weighted by atomic mass is 127. The van der Waals surface area contributed by atoms with Gasteiger partial charge >= 0.3 is 5.97 Å². The van der Waals surface area contributed by atoms with Gasteiger partial charge in [-0.25, -0.2) is 0 Å². The number of rotatable bonds is 4. The molecule has 2 rings (SSSR count). The first-order valence-corrected chi connectivity index (χ1v) is 7.74. The van der Waals surface area contributed by atoms with Crippen LogP contribution in [0.3, 0.4) is 0 Å². The molecule has 1 atom stereocenters. The van der Waals surface area contributed by atoms with Crippen LogP contribution in [-0.4, -0.2) is 18.4 Å². The van der Waals surface area contributed by atoms with Crippen molar-refractivity contribution in [3.8, 4) is 0 Å². The summed E-state index contributed by atoms with van der Waals surface area (Å²) in [5.41, 5.74) is 0.621. The molecule has 3 nitrogen and oxygen atoms in total. The summed E-state index contributed by atoms with van der Waals surface area (Å²) in [6, 6.07) is 9.64. The van der Waals surface area contributed by atoms with Gasteiger partial charge in [0.05, 0.1) is 6.61 Å². The van der Waals surface area contributed by atoms with Crippen LogP contribution in [-0.2, 0) is 14.3 Å². The monoisotopic (exact) mass is 384 g/mol. The van der Waals surface area contributed by atoms with E-state index in [2.05, 4.69) is 22.6 Å². The minimum atomic E-state index is -1.13. The minimum Gasteiger partial charge on any atom is -0.465 e. The highest BCUT2D eigenvalue weighted by Crippen LogP contribution is 2.52. The Morgan fingerprint density at radius 2 is 1.95 bits per heavy atom.